The Labute approximate surface area is 181 Å². The Morgan fingerprint density at radius 1 is 1.00 bits per heavy atom. The molecule has 0 aliphatic heterocycles. The van der Waals surface area contributed by atoms with Crippen molar-refractivity contribution >= 4 is 27.4 Å². The SMILES string of the molecule is CC[C@H](Oc1ccc(OC)cc1)C(=O)Nc1ccc(S(=O)(=O)Nc2ccccn2)cc1. The van der Waals surface area contributed by atoms with Crippen LogP contribution in [-0.2, 0) is 14.8 Å². The number of hydrogen-bond acceptors (Lipinski definition) is 6. The minimum absolute atomic E-state index is 0.0534. The summed E-state index contributed by atoms with van der Waals surface area (Å²) in [5.74, 6) is 1.13. The highest BCUT2D eigenvalue weighted by Gasteiger charge is 2.19. The minimum Gasteiger partial charge on any atom is -0.497 e. The Kier molecular flexibility index (Phi) is 7.09. The fourth-order valence-corrected chi connectivity index (χ4v) is 3.71. The summed E-state index contributed by atoms with van der Waals surface area (Å²) >= 11 is 0. The largest absolute Gasteiger partial charge is 0.497 e. The van der Waals surface area contributed by atoms with E-state index in [2.05, 4.69) is 15.0 Å². The smallest absolute Gasteiger partial charge is 0.265 e. The molecule has 1 aromatic heterocycles. The van der Waals surface area contributed by atoms with Gasteiger partial charge in [0.25, 0.3) is 15.9 Å². The number of nitrogens with zero attached hydrogens (tertiary/aromatic N) is 1. The summed E-state index contributed by atoms with van der Waals surface area (Å²) in [4.78, 5) is 16.6. The lowest BCUT2D eigenvalue weighted by Gasteiger charge is -2.17. The van der Waals surface area contributed by atoms with Gasteiger partial charge in [-0.1, -0.05) is 13.0 Å². The van der Waals surface area contributed by atoms with Gasteiger partial charge in [-0.15, -0.1) is 0 Å². The van der Waals surface area contributed by atoms with Crippen molar-refractivity contribution in [1.82, 2.24) is 4.98 Å². The maximum Gasteiger partial charge on any atom is 0.265 e. The van der Waals surface area contributed by atoms with E-state index in [9.17, 15) is 13.2 Å². The molecule has 3 aromatic rings. The average molecular weight is 442 g/mol. The molecule has 3 rings (SSSR count). The predicted molar refractivity (Wildman–Crippen MR) is 118 cm³/mol. The van der Waals surface area contributed by atoms with E-state index in [0.29, 0.717) is 23.6 Å². The maximum atomic E-state index is 12.6. The highest BCUT2D eigenvalue weighted by atomic mass is 32.2. The number of hydrogen-bond donors (Lipinski definition) is 2. The highest BCUT2D eigenvalue weighted by Crippen LogP contribution is 2.21. The van der Waals surface area contributed by atoms with Gasteiger partial charge in [0.15, 0.2) is 6.10 Å². The Hall–Kier alpha value is -3.59. The van der Waals surface area contributed by atoms with E-state index in [1.54, 1.807) is 49.6 Å². The first-order valence-electron chi connectivity index (χ1n) is 9.57. The third-order valence-electron chi connectivity index (χ3n) is 4.34. The van der Waals surface area contributed by atoms with Crippen LogP contribution in [0.2, 0.25) is 0 Å². The van der Waals surface area contributed by atoms with Crippen LogP contribution in [0.25, 0.3) is 0 Å². The second-order valence-corrected chi connectivity index (χ2v) is 8.21. The molecule has 31 heavy (non-hydrogen) atoms. The first kappa shape index (κ1) is 22.1. The van der Waals surface area contributed by atoms with E-state index in [1.807, 2.05) is 6.92 Å². The Balaban J connectivity index is 1.64. The van der Waals surface area contributed by atoms with Crippen LogP contribution in [0.15, 0.2) is 77.8 Å². The third-order valence-corrected chi connectivity index (χ3v) is 5.71. The van der Waals surface area contributed by atoms with Gasteiger partial charge in [0.2, 0.25) is 0 Å². The van der Waals surface area contributed by atoms with Gasteiger partial charge in [0.05, 0.1) is 12.0 Å². The number of pyridine rings is 1. The van der Waals surface area contributed by atoms with Gasteiger partial charge in [0, 0.05) is 11.9 Å². The second kappa shape index (κ2) is 9.94. The normalized spacial score (nSPS) is 11.9. The van der Waals surface area contributed by atoms with E-state index < -0.39 is 16.1 Å². The summed E-state index contributed by atoms with van der Waals surface area (Å²) in [6, 6.07) is 17.7. The number of carbonyl (C=O) groups excluding carboxylic acids is 1. The Morgan fingerprint density at radius 2 is 1.68 bits per heavy atom. The van der Waals surface area contributed by atoms with Crippen molar-refractivity contribution in [3.8, 4) is 11.5 Å². The van der Waals surface area contributed by atoms with E-state index in [0.717, 1.165) is 0 Å². The molecule has 0 radical (unpaired) electrons. The van der Waals surface area contributed by atoms with Gasteiger partial charge in [0.1, 0.15) is 17.3 Å². The van der Waals surface area contributed by atoms with Crippen molar-refractivity contribution < 1.29 is 22.7 Å². The van der Waals surface area contributed by atoms with E-state index in [1.165, 1.54) is 30.5 Å². The molecule has 1 amide bonds. The number of sulfonamides is 1. The van der Waals surface area contributed by atoms with Crippen LogP contribution < -0.4 is 19.5 Å². The molecule has 2 N–H and O–H groups in total. The number of nitrogens with one attached hydrogen (secondary N) is 2. The van der Waals surface area contributed by atoms with Crippen LogP contribution in [0.5, 0.6) is 11.5 Å². The average Bonchev–Trinajstić information content (AvgIpc) is 2.78. The zero-order chi connectivity index (χ0) is 22.3. The summed E-state index contributed by atoms with van der Waals surface area (Å²) in [6.45, 7) is 1.84. The number of ether oxygens (including phenoxy) is 2. The maximum absolute atomic E-state index is 12.6. The van der Waals surface area contributed by atoms with Crippen LogP contribution in [0, 0.1) is 0 Å². The van der Waals surface area contributed by atoms with Crippen molar-refractivity contribution in [1.29, 1.82) is 0 Å². The highest BCUT2D eigenvalue weighted by molar-refractivity contribution is 7.92. The first-order chi connectivity index (χ1) is 14.9. The van der Waals surface area contributed by atoms with Gasteiger partial charge in [-0.3, -0.25) is 9.52 Å². The molecular weight excluding hydrogens is 418 g/mol. The molecule has 0 aliphatic carbocycles. The number of amides is 1. The quantitative estimate of drug-likeness (QED) is 0.525. The topological polar surface area (TPSA) is 107 Å². The lowest BCUT2D eigenvalue weighted by molar-refractivity contribution is -0.122. The zero-order valence-corrected chi connectivity index (χ0v) is 17.9. The summed E-state index contributed by atoms with van der Waals surface area (Å²) in [6.07, 6.45) is 1.25. The van der Waals surface area contributed by atoms with Crippen LogP contribution in [0.4, 0.5) is 11.5 Å². The fraction of sp³-hybridized carbons (Fsp3) is 0.182. The van der Waals surface area contributed by atoms with Crippen LogP contribution in [0.1, 0.15) is 13.3 Å². The number of methoxy groups -OCH3 is 1. The van der Waals surface area contributed by atoms with Gasteiger partial charge in [-0.05, 0) is 67.1 Å². The molecule has 0 saturated carbocycles. The summed E-state index contributed by atoms with van der Waals surface area (Å²) < 4.78 is 38.2. The molecule has 0 bridgehead atoms. The van der Waals surface area contributed by atoms with Gasteiger partial charge in [-0.25, -0.2) is 13.4 Å². The third kappa shape index (κ3) is 5.95. The van der Waals surface area contributed by atoms with Crippen molar-refractivity contribution in [2.24, 2.45) is 0 Å². The number of benzene rings is 2. The lowest BCUT2D eigenvalue weighted by Crippen LogP contribution is -2.32. The van der Waals surface area contributed by atoms with Crippen molar-refractivity contribution in [3.63, 3.8) is 0 Å². The van der Waals surface area contributed by atoms with Crippen LogP contribution in [0.3, 0.4) is 0 Å². The molecule has 0 fully saturated rings. The number of aromatic nitrogens is 1. The molecule has 0 unspecified atom stereocenters. The molecule has 162 valence electrons. The molecular formula is C22H23N3O5S. The van der Waals surface area contributed by atoms with Crippen molar-refractivity contribution in [2.45, 2.75) is 24.3 Å². The monoisotopic (exact) mass is 441 g/mol. The van der Waals surface area contributed by atoms with Crippen molar-refractivity contribution in [2.75, 3.05) is 17.1 Å². The predicted octanol–water partition coefficient (Wildman–Crippen LogP) is 3.69. The Bertz CT molecular complexity index is 1100. The lowest BCUT2D eigenvalue weighted by atomic mass is 10.2. The molecule has 8 nitrogen and oxygen atoms in total. The molecule has 2 aromatic carbocycles. The molecule has 0 aliphatic rings. The van der Waals surface area contributed by atoms with E-state index in [-0.39, 0.29) is 16.6 Å². The Morgan fingerprint density at radius 3 is 2.26 bits per heavy atom. The zero-order valence-electron chi connectivity index (χ0n) is 17.1. The molecule has 9 heteroatoms. The standard InChI is InChI=1S/C22H23N3O5S/c1-3-20(30-18-11-9-17(29-2)10-12-18)22(26)24-16-7-13-19(14-8-16)31(27,28)25-21-6-4-5-15-23-21/h4-15,20H,3H2,1-2H3,(H,23,25)(H,24,26)/t20-/m0/s1. The van der Waals surface area contributed by atoms with Crippen LogP contribution in [-0.4, -0.2) is 32.5 Å². The summed E-state index contributed by atoms with van der Waals surface area (Å²) in [5.41, 5.74) is 0.457. The molecule has 1 atom stereocenters. The number of anilines is 2. The summed E-state index contributed by atoms with van der Waals surface area (Å²) in [5, 5.41) is 2.75. The molecule has 0 spiro atoms. The van der Waals surface area contributed by atoms with Gasteiger partial charge >= 0.3 is 0 Å². The van der Waals surface area contributed by atoms with Gasteiger partial charge < -0.3 is 14.8 Å². The minimum atomic E-state index is -3.79. The van der Waals surface area contributed by atoms with Gasteiger partial charge in [-0.2, -0.15) is 0 Å². The van der Waals surface area contributed by atoms with Crippen LogP contribution >= 0.6 is 0 Å². The number of rotatable bonds is 9. The second-order valence-electron chi connectivity index (χ2n) is 6.52. The van der Waals surface area contributed by atoms with Crippen molar-refractivity contribution in [3.05, 3.63) is 72.9 Å². The summed E-state index contributed by atoms with van der Waals surface area (Å²) in [7, 11) is -2.21. The molecule has 0 saturated heterocycles. The van der Waals surface area contributed by atoms with E-state index >= 15 is 0 Å². The fourth-order valence-electron chi connectivity index (χ4n) is 2.70. The molecule has 1 heterocycles. The first-order valence-corrected chi connectivity index (χ1v) is 11.0. The number of carbonyl (C=O) groups is 1. The van der Waals surface area contributed by atoms with E-state index in [4.69, 9.17) is 9.47 Å².